The lowest BCUT2D eigenvalue weighted by atomic mass is 9.95. The summed E-state index contributed by atoms with van der Waals surface area (Å²) >= 11 is 0. The van der Waals surface area contributed by atoms with Crippen molar-refractivity contribution in [1.82, 2.24) is 10.2 Å². The SMILES string of the molecule is CCCC(=O)N1CCC(C(=O)NCCc2ccc(S(N)(=O)=O)cc2)CC1. The number of nitrogens with one attached hydrogen (secondary N) is 1. The highest BCUT2D eigenvalue weighted by Crippen LogP contribution is 2.18. The largest absolute Gasteiger partial charge is 0.356 e. The van der Waals surface area contributed by atoms with Crippen molar-refractivity contribution in [3.8, 4) is 0 Å². The molecule has 0 bridgehead atoms. The van der Waals surface area contributed by atoms with Gasteiger partial charge in [-0.25, -0.2) is 13.6 Å². The van der Waals surface area contributed by atoms with E-state index in [0.29, 0.717) is 45.3 Å². The fraction of sp³-hybridized carbons (Fsp3) is 0.556. The fourth-order valence-electron chi connectivity index (χ4n) is 3.08. The molecule has 0 radical (unpaired) electrons. The Bertz CT molecular complexity index is 723. The van der Waals surface area contributed by atoms with Crippen LogP contribution < -0.4 is 10.5 Å². The minimum Gasteiger partial charge on any atom is -0.356 e. The average molecular weight is 381 g/mol. The first-order valence-corrected chi connectivity index (χ1v) is 10.5. The van der Waals surface area contributed by atoms with Crippen LogP contribution in [0.2, 0.25) is 0 Å². The summed E-state index contributed by atoms with van der Waals surface area (Å²) in [5.74, 6) is 0.147. The third kappa shape index (κ3) is 5.81. The van der Waals surface area contributed by atoms with E-state index in [-0.39, 0.29) is 22.6 Å². The standard InChI is InChI=1S/C18H27N3O4S/c1-2-3-17(22)21-12-9-15(10-13-21)18(23)20-11-8-14-4-6-16(7-5-14)26(19,24)25/h4-7,15H,2-3,8-13H2,1H3,(H,20,23)(H2,19,24,25). The minimum absolute atomic E-state index is 0.0220. The first-order chi connectivity index (χ1) is 12.3. The molecule has 1 aliphatic heterocycles. The summed E-state index contributed by atoms with van der Waals surface area (Å²) < 4.78 is 22.4. The van der Waals surface area contributed by atoms with Gasteiger partial charge in [0, 0.05) is 32.0 Å². The second kappa shape index (κ2) is 9.14. The van der Waals surface area contributed by atoms with Gasteiger partial charge in [0.1, 0.15) is 0 Å². The smallest absolute Gasteiger partial charge is 0.238 e. The first kappa shape index (κ1) is 20.4. The van der Waals surface area contributed by atoms with Crippen LogP contribution in [0, 0.1) is 5.92 Å². The monoisotopic (exact) mass is 381 g/mol. The Kier molecular flexibility index (Phi) is 7.16. The van der Waals surface area contributed by atoms with Crippen molar-refractivity contribution in [3.63, 3.8) is 0 Å². The van der Waals surface area contributed by atoms with Crippen LogP contribution in [0.3, 0.4) is 0 Å². The molecule has 1 aromatic rings. The van der Waals surface area contributed by atoms with Crippen LogP contribution >= 0.6 is 0 Å². The molecule has 1 fully saturated rings. The second-order valence-electron chi connectivity index (χ2n) is 6.64. The van der Waals surface area contributed by atoms with Crippen molar-refractivity contribution in [3.05, 3.63) is 29.8 Å². The molecule has 1 saturated heterocycles. The maximum atomic E-state index is 12.3. The van der Waals surface area contributed by atoms with Gasteiger partial charge >= 0.3 is 0 Å². The second-order valence-corrected chi connectivity index (χ2v) is 8.20. The van der Waals surface area contributed by atoms with E-state index in [2.05, 4.69) is 5.32 Å². The quantitative estimate of drug-likeness (QED) is 0.735. The van der Waals surface area contributed by atoms with Gasteiger partial charge in [0.15, 0.2) is 0 Å². The van der Waals surface area contributed by atoms with Gasteiger partial charge in [0.05, 0.1) is 4.90 Å². The number of carbonyl (C=O) groups excluding carboxylic acids is 2. The maximum absolute atomic E-state index is 12.3. The Labute approximate surface area is 155 Å². The number of sulfonamides is 1. The number of primary sulfonamides is 1. The van der Waals surface area contributed by atoms with Gasteiger partial charge in [-0.1, -0.05) is 19.1 Å². The molecule has 0 aromatic heterocycles. The molecule has 8 heteroatoms. The number of hydrogen-bond acceptors (Lipinski definition) is 4. The molecule has 0 saturated carbocycles. The molecule has 0 unspecified atom stereocenters. The Morgan fingerprint density at radius 1 is 1.19 bits per heavy atom. The number of nitrogens with zero attached hydrogens (tertiary/aromatic N) is 1. The molecule has 1 aromatic carbocycles. The van der Waals surface area contributed by atoms with Crippen LogP contribution in [0.25, 0.3) is 0 Å². The number of benzene rings is 1. The third-order valence-corrected chi connectivity index (χ3v) is 5.58. The summed E-state index contributed by atoms with van der Waals surface area (Å²) in [5.41, 5.74) is 0.928. The molecule has 1 aliphatic rings. The summed E-state index contributed by atoms with van der Waals surface area (Å²) in [7, 11) is -3.68. The zero-order valence-corrected chi connectivity index (χ0v) is 15.9. The van der Waals surface area contributed by atoms with Crippen molar-refractivity contribution in [2.24, 2.45) is 11.1 Å². The third-order valence-electron chi connectivity index (χ3n) is 4.65. The maximum Gasteiger partial charge on any atom is 0.238 e. The van der Waals surface area contributed by atoms with Crippen LogP contribution in [0.4, 0.5) is 0 Å². The van der Waals surface area contributed by atoms with Crippen molar-refractivity contribution in [1.29, 1.82) is 0 Å². The molecule has 3 N–H and O–H groups in total. The number of rotatable bonds is 7. The summed E-state index contributed by atoms with van der Waals surface area (Å²) in [5, 5.41) is 7.99. The highest BCUT2D eigenvalue weighted by atomic mass is 32.2. The molecule has 2 rings (SSSR count). The van der Waals surface area contributed by atoms with Gasteiger partial charge in [-0.05, 0) is 43.4 Å². The van der Waals surface area contributed by atoms with E-state index in [4.69, 9.17) is 5.14 Å². The van der Waals surface area contributed by atoms with E-state index in [9.17, 15) is 18.0 Å². The molecule has 7 nitrogen and oxygen atoms in total. The lowest BCUT2D eigenvalue weighted by Crippen LogP contribution is -2.43. The van der Waals surface area contributed by atoms with E-state index in [1.54, 1.807) is 12.1 Å². The molecule has 26 heavy (non-hydrogen) atoms. The highest BCUT2D eigenvalue weighted by molar-refractivity contribution is 7.89. The Morgan fingerprint density at radius 3 is 2.35 bits per heavy atom. The first-order valence-electron chi connectivity index (χ1n) is 8.98. The summed E-state index contributed by atoms with van der Waals surface area (Å²) in [6.07, 6.45) is 3.43. The number of amides is 2. The van der Waals surface area contributed by atoms with Crippen LogP contribution in [-0.2, 0) is 26.0 Å². The van der Waals surface area contributed by atoms with Gasteiger partial charge in [-0.15, -0.1) is 0 Å². The molecular formula is C18H27N3O4S. The van der Waals surface area contributed by atoms with Crippen LogP contribution in [0.5, 0.6) is 0 Å². The molecule has 0 aliphatic carbocycles. The van der Waals surface area contributed by atoms with E-state index >= 15 is 0 Å². The van der Waals surface area contributed by atoms with Crippen LogP contribution in [-0.4, -0.2) is 44.8 Å². The van der Waals surface area contributed by atoms with Crippen molar-refractivity contribution in [2.45, 2.75) is 43.9 Å². The van der Waals surface area contributed by atoms with Crippen LogP contribution in [0.1, 0.15) is 38.2 Å². The van der Waals surface area contributed by atoms with Gasteiger partial charge in [0.25, 0.3) is 0 Å². The van der Waals surface area contributed by atoms with E-state index < -0.39 is 10.0 Å². The van der Waals surface area contributed by atoms with E-state index in [1.165, 1.54) is 12.1 Å². The van der Waals surface area contributed by atoms with E-state index in [0.717, 1.165) is 12.0 Å². The highest BCUT2D eigenvalue weighted by Gasteiger charge is 2.26. The predicted molar refractivity (Wildman–Crippen MR) is 98.7 cm³/mol. The van der Waals surface area contributed by atoms with Crippen LogP contribution in [0.15, 0.2) is 29.2 Å². The molecular weight excluding hydrogens is 354 g/mol. The minimum atomic E-state index is -3.68. The number of carbonyl (C=O) groups is 2. The fourth-order valence-corrected chi connectivity index (χ4v) is 3.60. The Balaban J connectivity index is 1.73. The molecule has 2 amide bonds. The van der Waals surface area contributed by atoms with E-state index in [1.807, 2.05) is 11.8 Å². The Hall–Kier alpha value is -1.93. The van der Waals surface area contributed by atoms with Gasteiger partial charge in [0.2, 0.25) is 21.8 Å². The summed E-state index contributed by atoms with van der Waals surface area (Å²) in [6.45, 7) is 3.76. The van der Waals surface area contributed by atoms with Crippen molar-refractivity contribution in [2.75, 3.05) is 19.6 Å². The number of likely N-dealkylation sites (tertiary alicyclic amines) is 1. The van der Waals surface area contributed by atoms with Gasteiger partial charge in [-0.2, -0.15) is 0 Å². The zero-order valence-electron chi connectivity index (χ0n) is 15.1. The Morgan fingerprint density at radius 2 is 1.81 bits per heavy atom. The average Bonchev–Trinajstić information content (AvgIpc) is 2.61. The zero-order chi connectivity index (χ0) is 19.2. The normalized spacial score (nSPS) is 15.7. The van der Waals surface area contributed by atoms with Gasteiger partial charge in [-0.3, -0.25) is 9.59 Å². The van der Waals surface area contributed by atoms with Crippen molar-refractivity contribution < 1.29 is 18.0 Å². The predicted octanol–water partition coefficient (Wildman–Crippen LogP) is 1.03. The molecule has 0 spiro atoms. The molecule has 1 heterocycles. The van der Waals surface area contributed by atoms with Crippen molar-refractivity contribution >= 4 is 21.8 Å². The number of piperidine rings is 1. The number of nitrogens with two attached hydrogens (primary N) is 1. The molecule has 0 atom stereocenters. The topological polar surface area (TPSA) is 110 Å². The summed E-state index contributed by atoms with van der Waals surface area (Å²) in [4.78, 5) is 26.1. The summed E-state index contributed by atoms with van der Waals surface area (Å²) in [6, 6.07) is 6.33. The lowest BCUT2D eigenvalue weighted by Gasteiger charge is -2.31. The lowest BCUT2D eigenvalue weighted by molar-refractivity contribution is -0.135. The van der Waals surface area contributed by atoms with Gasteiger partial charge < -0.3 is 10.2 Å². The molecule has 144 valence electrons. The number of hydrogen-bond donors (Lipinski definition) is 2.